The molecule has 28 heavy (non-hydrogen) atoms. The summed E-state index contributed by atoms with van der Waals surface area (Å²) in [6.07, 6.45) is 0.490. The number of nitrogens with one attached hydrogen (secondary N) is 1. The standard InChI is InChI=1S/C19H21BCl3NO4/c1-11(2)8-15(24-20(3)26)19(25)28-18-10-13(22)5-7-17(18)27-16-6-4-12(21)9-14(16)23/h4-7,9-11,15,24,26H,8H2,1-3H3. The van der Waals surface area contributed by atoms with Gasteiger partial charge >= 0.3 is 13.0 Å². The van der Waals surface area contributed by atoms with Crippen molar-refractivity contribution in [2.75, 3.05) is 0 Å². The van der Waals surface area contributed by atoms with Gasteiger partial charge in [0.15, 0.2) is 11.5 Å². The Morgan fingerprint density at radius 1 is 1.07 bits per heavy atom. The van der Waals surface area contributed by atoms with Gasteiger partial charge in [0, 0.05) is 16.1 Å². The molecule has 2 N–H and O–H groups in total. The van der Waals surface area contributed by atoms with Gasteiger partial charge in [0.2, 0.25) is 0 Å². The molecule has 0 saturated carbocycles. The summed E-state index contributed by atoms with van der Waals surface area (Å²) in [5, 5.41) is 13.6. The molecule has 150 valence electrons. The zero-order chi connectivity index (χ0) is 20.8. The van der Waals surface area contributed by atoms with Crippen LogP contribution in [0, 0.1) is 5.92 Å². The van der Waals surface area contributed by atoms with Crippen molar-refractivity contribution in [1.29, 1.82) is 0 Å². The second kappa shape index (κ2) is 10.4. The number of benzene rings is 2. The topological polar surface area (TPSA) is 67.8 Å². The van der Waals surface area contributed by atoms with Crippen molar-refractivity contribution >= 4 is 47.8 Å². The Kier molecular flexibility index (Phi) is 8.46. The molecule has 2 aromatic rings. The molecule has 0 fully saturated rings. The summed E-state index contributed by atoms with van der Waals surface area (Å²) in [7, 11) is -0.862. The number of hydrogen-bond acceptors (Lipinski definition) is 5. The Morgan fingerprint density at radius 3 is 2.25 bits per heavy atom. The van der Waals surface area contributed by atoms with E-state index in [1.165, 1.54) is 12.9 Å². The highest BCUT2D eigenvalue weighted by Crippen LogP contribution is 2.37. The molecular formula is C19H21BCl3NO4. The Labute approximate surface area is 180 Å². The summed E-state index contributed by atoms with van der Waals surface area (Å²) in [6.45, 7) is 5.48. The quantitative estimate of drug-likeness (QED) is 0.322. The molecule has 0 heterocycles. The highest BCUT2D eigenvalue weighted by atomic mass is 35.5. The molecule has 0 spiro atoms. The van der Waals surface area contributed by atoms with Gasteiger partial charge in [0.25, 0.3) is 0 Å². The van der Waals surface area contributed by atoms with Gasteiger partial charge in [-0.3, -0.25) is 0 Å². The lowest BCUT2D eigenvalue weighted by Gasteiger charge is -2.20. The molecule has 5 nitrogen and oxygen atoms in total. The van der Waals surface area contributed by atoms with Crippen LogP contribution in [-0.2, 0) is 4.79 Å². The van der Waals surface area contributed by atoms with Crippen molar-refractivity contribution in [3.63, 3.8) is 0 Å². The van der Waals surface area contributed by atoms with E-state index in [4.69, 9.17) is 44.3 Å². The monoisotopic (exact) mass is 443 g/mol. The number of hydrogen-bond donors (Lipinski definition) is 2. The minimum absolute atomic E-state index is 0.143. The molecule has 2 rings (SSSR count). The van der Waals surface area contributed by atoms with Crippen LogP contribution in [0.5, 0.6) is 17.2 Å². The first-order valence-corrected chi connectivity index (χ1v) is 9.87. The molecule has 1 unspecified atom stereocenters. The van der Waals surface area contributed by atoms with Crippen LogP contribution in [0.2, 0.25) is 21.9 Å². The van der Waals surface area contributed by atoms with Crippen LogP contribution in [0.1, 0.15) is 20.3 Å². The van der Waals surface area contributed by atoms with Gasteiger partial charge in [-0.15, -0.1) is 0 Å². The molecule has 0 aliphatic heterocycles. The van der Waals surface area contributed by atoms with Crippen LogP contribution in [0.4, 0.5) is 0 Å². The largest absolute Gasteiger partial charge is 0.452 e. The maximum absolute atomic E-state index is 12.7. The fraction of sp³-hybridized carbons (Fsp3) is 0.316. The summed E-state index contributed by atoms with van der Waals surface area (Å²) >= 11 is 18.1. The van der Waals surface area contributed by atoms with E-state index in [2.05, 4.69) is 5.23 Å². The van der Waals surface area contributed by atoms with Crippen LogP contribution >= 0.6 is 34.8 Å². The number of carbonyl (C=O) groups excluding carboxylic acids is 1. The van der Waals surface area contributed by atoms with E-state index in [0.29, 0.717) is 27.2 Å². The third-order valence-electron chi connectivity index (χ3n) is 3.66. The van der Waals surface area contributed by atoms with E-state index in [0.717, 1.165) is 0 Å². The number of halogens is 3. The van der Waals surface area contributed by atoms with Crippen molar-refractivity contribution in [2.45, 2.75) is 33.1 Å². The first kappa shape index (κ1) is 22.8. The fourth-order valence-electron chi connectivity index (χ4n) is 2.50. The molecule has 1 atom stereocenters. The average Bonchev–Trinajstić information content (AvgIpc) is 2.58. The zero-order valence-electron chi connectivity index (χ0n) is 15.7. The van der Waals surface area contributed by atoms with E-state index >= 15 is 0 Å². The summed E-state index contributed by atoms with van der Waals surface area (Å²) in [4.78, 5) is 12.7. The van der Waals surface area contributed by atoms with Crippen LogP contribution < -0.4 is 14.7 Å². The van der Waals surface area contributed by atoms with Gasteiger partial charge < -0.3 is 19.7 Å². The van der Waals surface area contributed by atoms with Crippen molar-refractivity contribution in [3.05, 3.63) is 51.5 Å². The molecule has 0 bridgehead atoms. The highest BCUT2D eigenvalue weighted by molar-refractivity contribution is 6.46. The average molecular weight is 445 g/mol. The number of esters is 1. The molecule has 0 aliphatic carbocycles. The lowest BCUT2D eigenvalue weighted by atomic mass is 9.86. The minimum atomic E-state index is -0.862. The normalized spacial score (nSPS) is 12.0. The van der Waals surface area contributed by atoms with Gasteiger partial charge in [0.05, 0.1) is 11.1 Å². The molecule has 0 aromatic heterocycles. The lowest BCUT2D eigenvalue weighted by molar-refractivity contribution is -0.136. The summed E-state index contributed by atoms with van der Waals surface area (Å²) in [5.74, 6) is 0.425. The maximum Gasteiger partial charge on any atom is 0.374 e. The summed E-state index contributed by atoms with van der Waals surface area (Å²) in [5.41, 5.74) is 0. The smallest absolute Gasteiger partial charge is 0.374 e. The van der Waals surface area contributed by atoms with Crippen molar-refractivity contribution in [2.24, 2.45) is 5.92 Å². The van der Waals surface area contributed by atoms with Gasteiger partial charge in [-0.1, -0.05) is 48.7 Å². The van der Waals surface area contributed by atoms with Crippen LogP contribution in [0.15, 0.2) is 36.4 Å². The summed E-state index contributed by atoms with van der Waals surface area (Å²) in [6, 6.07) is 8.77. The molecule has 0 radical (unpaired) electrons. The summed E-state index contributed by atoms with van der Waals surface area (Å²) < 4.78 is 11.3. The Balaban J connectivity index is 2.26. The third-order valence-corrected chi connectivity index (χ3v) is 4.43. The Bertz CT molecular complexity index is 823. The fourth-order valence-corrected chi connectivity index (χ4v) is 3.11. The van der Waals surface area contributed by atoms with E-state index in [9.17, 15) is 9.82 Å². The third kappa shape index (κ3) is 6.87. The van der Waals surface area contributed by atoms with Gasteiger partial charge in [-0.2, -0.15) is 0 Å². The predicted molar refractivity (Wildman–Crippen MR) is 114 cm³/mol. The molecular weight excluding hydrogens is 423 g/mol. The van der Waals surface area contributed by atoms with Gasteiger partial charge in [0.1, 0.15) is 5.75 Å². The van der Waals surface area contributed by atoms with E-state index in [1.807, 2.05) is 13.8 Å². The van der Waals surface area contributed by atoms with E-state index in [1.54, 1.807) is 30.3 Å². The SMILES string of the molecule is CB(O)NC(CC(C)C)C(=O)Oc1cc(Cl)ccc1Oc1ccc(Cl)cc1Cl. The Morgan fingerprint density at radius 2 is 1.68 bits per heavy atom. The van der Waals surface area contributed by atoms with E-state index in [-0.39, 0.29) is 17.4 Å². The van der Waals surface area contributed by atoms with Crippen LogP contribution in [0.3, 0.4) is 0 Å². The number of rotatable bonds is 8. The van der Waals surface area contributed by atoms with Gasteiger partial charge in [-0.25, -0.2) is 4.79 Å². The zero-order valence-corrected chi connectivity index (χ0v) is 18.0. The van der Waals surface area contributed by atoms with Crippen LogP contribution in [-0.4, -0.2) is 24.1 Å². The first-order chi connectivity index (χ1) is 13.2. The Hall–Kier alpha value is -1.44. The lowest BCUT2D eigenvalue weighted by Crippen LogP contribution is -2.47. The van der Waals surface area contributed by atoms with Crippen molar-refractivity contribution in [1.82, 2.24) is 5.23 Å². The van der Waals surface area contributed by atoms with Crippen LogP contribution in [0.25, 0.3) is 0 Å². The van der Waals surface area contributed by atoms with Crippen molar-refractivity contribution < 1.29 is 19.3 Å². The predicted octanol–water partition coefficient (Wildman–Crippen LogP) is 5.46. The number of ether oxygens (including phenoxy) is 2. The highest BCUT2D eigenvalue weighted by Gasteiger charge is 2.25. The first-order valence-electron chi connectivity index (χ1n) is 8.74. The second-order valence-electron chi connectivity index (χ2n) is 6.71. The van der Waals surface area contributed by atoms with Gasteiger partial charge in [-0.05, 0) is 49.5 Å². The van der Waals surface area contributed by atoms with E-state index < -0.39 is 19.1 Å². The number of carbonyl (C=O) groups is 1. The molecule has 0 amide bonds. The molecule has 2 aromatic carbocycles. The minimum Gasteiger partial charge on any atom is -0.452 e. The van der Waals surface area contributed by atoms with Crippen molar-refractivity contribution in [3.8, 4) is 17.2 Å². The second-order valence-corrected chi connectivity index (χ2v) is 7.99. The molecule has 0 aliphatic rings. The molecule has 9 heteroatoms. The molecule has 0 saturated heterocycles. The maximum atomic E-state index is 12.7.